The molecule has 1 aromatic rings. The lowest BCUT2D eigenvalue weighted by Gasteiger charge is -2.23. The fraction of sp³-hybridized carbons (Fsp3) is 0.588. The molecule has 0 spiro atoms. The second-order valence-corrected chi connectivity index (χ2v) is 7.46. The van der Waals surface area contributed by atoms with Crippen LogP contribution < -0.4 is 16.4 Å². The third-order valence-corrected chi connectivity index (χ3v) is 3.45. The Kier molecular flexibility index (Phi) is 5.05. The number of hydrogen-bond acceptors (Lipinski definition) is 5. The molecule has 1 fully saturated rings. The average Bonchev–Trinajstić information content (AvgIpc) is 2.77. The molecule has 0 radical (unpaired) electrons. The van der Waals surface area contributed by atoms with E-state index in [0.717, 1.165) is 6.07 Å². The molecule has 1 aliphatic rings. The first-order chi connectivity index (χ1) is 11.0. The molecule has 4 N–H and O–H groups in total. The number of benzene rings is 1. The Hall–Kier alpha value is -1.86. The van der Waals surface area contributed by atoms with Crippen molar-refractivity contribution in [1.29, 1.82) is 0 Å². The van der Waals surface area contributed by atoms with Crippen molar-refractivity contribution in [2.75, 3.05) is 24.2 Å². The van der Waals surface area contributed by atoms with E-state index in [9.17, 15) is 9.18 Å². The van der Waals surface area contributed by atoms with Gasteiger partial charge in [-0.15, -0.1) is 0 Å². The van der Waals surface area contributed by atoms with Crippen LogP contribution in [-0.4, -0.2) is 36.5 Å². The standard InChI is InChI=1S/C17H26FN3O3/c1-16(2,3)21-14-6-11(13(19)7-12(14)18)15(22)20-8-10-9-23-17(4,5)24-10/h6-7,10,21H,8-9,19H2,1-5H3,(H,20,22)/t10-/m1/s1. The van der Waals surface area contributed by atoms with Crippen molar-refractivity contribution in [2.24, 2.45) is 0 Å². The van der Waals surface area contributed by atoms with Gasteiger partial charge in [-0.1, -0.05) is 0 Å². The van der Waals surface area contributed by atoms with E-state index in [2.05, 4.69) is 10.6 Å². The largest absolute Gasteiger partial charge is 0.398 e. The maximum atomic E-state index is 14.0. The van der Waals surface area contributed by atoms with Crippen molar-refractivity contribution < 1.29 is 18.7 Å². The highest BCUT2D eigenvalue weighted by Gasteiger charge is 2.32. The van der Waals surface area contributed by atoms with Gasteiger partial charge in [0.15, 0.2) is 5.79 Å². The molecule has 1 saturated heterocycles. The average molecular weight is 339 g/mol. The number of halogens is 1. The van der Waals surface area contributed by atoms with Crippen LogP contribution in [0.1, 0.15) is 45.0 Å². The van der Waals surface area contributed by atoms with E-state index < -0.39 is 11.6 Å². The predicted octanol–water partition coefficient (Wildman–Crippen LogP) is 2.50. The molecule has 1 heterocycles. The number of nitrogen functional groups attached to an aromatic ring is 1. The van der Waals surface area contributed by atoms with Gasteiger partial charge in [0.1, 0.15) is 11.9 Å². The fourth-order valence-electron chi connectivity index (χ4n) is 2.45. The number of carbonyl (C=O) groups excluding carboxylic acids is 1. The Morgan fingerprint density at radius 1 is 1.42 bits per heavy atom. The summed E-state index contributed by atoms with van der Waals surface area (Å²) < 4.78 is 25.1. The van der Waals surface area contributed by atoms with E-state index in [0.29, 0.717) is 13.2 Å². The number of amides is 1. The first-order valence-electron chi connectivity index (χ1n) is 7.94. The van der Waals surface area contributed by atoms with Crippen LogP contribution in [0.5, 0.6) is 0 Å². The summed E-state index contributed by atoms with van der Waals surface area (Å²) in [5.41, 5.74) is 6.01. The van der Waals surface area contributed by atoms with Crippen molar-refractivity contribution in [3.05, 3.63) is 23.5 Å². The molecule has 0 saturated carbocycles. The smallest absolute Gasteiger partial charge is 0.253 e. The third-order valence-electron chi connectivity index (χ3n) is 3.45. The number of rotatable bonds is 4. The van der Waals surface area contributed by atoms with Gasteiger partial charge in [0.25, 0.3) is 5.91 Å². The Balaban J connectivity index is 2.07. The molecule has 0 aromatic heterocycles. The lowest BCUT2D eigenvalue weighted by Crippen LogP contribution is -2.35. The molecule has 0 bridgehead atoms. The maximum Gasteiger partial charge on any atom is 0.253 e. The van der Waals surface area contributed by atoms with Gasteiger partial charge in [-0.05, 0) is 46.8 Å². The number of nitrogens with one attached hydrogen (secondary N) is 2. The van der Waals surface area contributed by atoms with Crippen LogP contribution in [0.2, 0.25) is 0 Å². The number of ether oxygens (including phenoxy) is 2. The van der Waals surface area contributed by atoms with Gasteiger partial charge in [0.05, 0.1) is 17.9 Å². The van der Waals surface area contributed by atoms with Crippen LogP contribution in [0.4, 0.5) is 15.8 Å². The minimum absolute atomic E-state index is 0.0911. The van der Waals surface area contributed by atoms with E-state index in [4.69, 9.17) is 15.2 Å². The molecule has 1 aliphatic heterocycles. The lowest BCUT2D eigenvalue weighted by molar-refractivity contribution is -0.137. The van der Waals surface area contributed by atoms with Gasteiger partial charge >= 0.3 is 0 Å². The van der Waals surface area contributed by atoms with Gasteiger partial charge in [0.2, 0.25) is 0 Å². The molecule has 0 aliphatic carbocycles. The Morgan fingerprint density at radius 2 is 2.08 bits per heavy atom. The van der Waals surface area contributed by atoms with Crippen LogP contribution in [-0.2, 0) is 9.47 Å². The number of hydrogen-bond donors (Lipinski definition) is 3. The second kappa shape index (κ2) is 6.57. The molecule has 2 rings (SSSR count). The zero-order chi connectivity index (χ0) is 18.1. The van der Waals surface area contributed by atoms with E-state index in [1.807, 2.05) is 34.6 Å². The minimum Gasteiger partial charge on any atom is -0.398 e. The fourth-order valence-corrected chi connectivity index (χ4v) is 2.45. The molecule has 0 unspecified atom stereocenters. The monoisotopic (exact) mass is 339 g/mol. The zero-order valence-corrected chi connectivity index (χ0v) is 14.8. The maximum absolute atomic E-state index is 14.0. The quantitative estimate of drug-likeness (QED) is 0.734. The summed E-state index contributed by atoms with van der Waals surface area (Å²) in [5.74, 6) is -1.51. The van der Waals surface area contributed by atoms with Gasteiger partial charge in [-0.3, -0.25) is 4.79 Å². The molecule has 1 amide bonds. The van der Waals surface area contributed by atoms with Gasteiger partial charge < -0.3 is 25.8 Å². The van der Waals surface area contributed by atoms with Crippen LogP contribution in [0.3, 0.4) is 0 Å². The van der Waals surface area contributed by atoms with Crippen molar-refractivity contribution >= 4 is 17.3 Å². The summed E-state index contributed by atoms with van der Waals surface area (Å²) in [6.45, 7) is 10.0. The first-order valence-corrected chi connectivity index (χ1v) is 7.94. The minimum atomic E-state index is -0.645. The van der Waals surface area contributed by atoms with Gasteiger partial charge in [-0.25, -0.2) is 4.39 Å². The van der Waals surface area contributed by atoms with E-state index in [1.54, 1.807) is 0 Å². The van der Waals surface area contributed by atoms with Crippen molar-refractivity contribution in [2.45, 2.75) is 52.0 Å². The highest BCUT2D eigenvalue weighted by molar-refractivity contribution is 6.00. The molecule has 1 aromatic carbocycles. The topological polar surface area (TPSA) is 85.6 Å². The van der Waals surface area contributed by atoms with Crippen LogP contribution in [0, 0.1) is 5.82 Å². The molecule has 7 heteroatoms. The molecule has 6 nitrogen and oxygen atoms in total. The van der Waals surface area contributed by atoms with Gasteiger partial charge in [0, 0.05) is 17.8 Å². The SMILES string of the molecule is CC(C)(C)Nc1cc(C(=O)NC[C@@H]2COC(C)(C)O2)c(N)cc1F. The Morgan fingerprint density at radius 3 is 2.62 bits per heavy atom. The second-order valence-electron chi connectivity index (χ2n) is 7.46. The first kappa shape index (κ1) is 18.5. The van der Waals surface area contributed by atoms with Crippen LogP contribution in [0.15, 0.2) is 12.1 Å². The zero-order valence-electron chi connectivity index (χ0n) is 14.8. The lowest BCUT2D eigenvalue weighted by atomic mass is 10.1. The van der Waals surface area contributed by atoms with Gasteiger partial charge in [-0.2, -0.15) is 0 Å². The van der Waals surface area contributed by atoms with E-state index >= 15 is 0 Å². The normalized spacial score (nSPS) is 20.0. The summed E-state index contributed by atoms with van der Waals surface area (Å²) in [6, 6.07) is 2.59. The van der Waals surface area contributed by atoms with Crippen molar-refractivity contribution in [3.8, 4) is 0 Å². The molecular weight excluding hydrogens is 313 g/mol. The van der Waals surface area contributed by atoms with E-state index in [-0.39, 0.29) is 34.5 Å². The van der Waals surface area contributed by atoms with E-state index in [1.165, 1.54) is 6.07 Å². The number of nitrogens with two attached hydrogens (primary N) is 1. The van der Waals surface area contributed by atoms with Crippen LogP contribution >= 0.6 is 0 Å². The summed E-state index contributed by atoms with van der Waals surface area (Å²) >= 11 is 0. The molecular formula is C17H26FN3O3. The molecule has 24 heavy (non-hydrogen) atoms. The highest BCUT2D eigenvalue weighted by Crippen LogP contribution is 2.25. The molecule has 134 valence electrons. The van der Waals surface area contributed by atoms with Crippen LogP contribution in [0.25, 0.3) is 0 Å². The summed E-state index contributed by atoms with van der Waals surface area (Å²) in [7, 11) is 0. The Labute approximate surface area is 141 Å². The third kappa shape index (κ3) is 4.82. The predicted molar refractivity (Wildman–Crippen MR) is 91.4 cm³/mol. The molecule has 1 atom stereocenters. The van der Waals surface area contributed by atoms with Crippen molar-refractivity contribution in [1.82, 2.24) is 5.32 Å². The highest BCUT2D eigenvalue weighted by atomic mass is 19.1. The number of anilines is 2. The summed E-state index contributed by atoms with van der Waals surface area (Å²) in [4.78, 5) is 12.4. The number of carbonyl (C=O) groups is 1. The summed E-state index contributed by atoms with van der Waals surface area (Å²) in [5, 5.41) is 5.78. The Bertz CT molecular complexity index is 626. The summed E-state index contributed by atoms with van der Waals surface area (Å²) in [6.07, 6.45) is -0.224. The van der Waals surface area contributed by atoms with Crippen molar-refractivity contribution in [3.63, 3.8) is 0 Å².